The van der Waals surface area contributed by atoms with Gasteiger partial charge in [0.15, 0.2) is 0 Å². The van der Waals surface area contributed by atoms with E-state index in [1.165, 1.54) is 22.1 Å². The summed E-state index contributed by atoms with van der Waals surface area (Å²) >= 11 is 1.54. The van der Waals surface area contributed by atoms with Crippen LogP contribution in [0.4, 0.5) is 0 Å². The van der Waals surface area contributed by atoms with Crippen molar-refractivity contribution in [1.29, 1.82) is 0 Å². The number of aromatic nitrogens is 2. The van der Waals surface area contributed by atoms with Gasteiger partial charge in [0.1, 0.15) is 0 Å². The largest absolute Gasteiger partial charge is 0.315 e. The van der Waals surface area contributed by atoms with E-state index in [0.717, 1.165) is 44.9 Å². The molecule has 0 bridgehead atoms. The van der Waals surface area contributed by atoms with Crippen LogP contribution in [0, 0.1) is 5.92 Å². The third kappa shape index (κ3) is 5.89. The van der Waals surface area contributed by atoms with Gasteiger partial charge in [-0.3, -0.25) is 4.90 Å². The van der Waals surface area contributed by atoms with Crippen LogP contribution >= 0.6 is 11.5 Å². The fourth-order valence-corrected chi connectivity index (χ4v) is 2.52. The summed E-state index contributed by atoms with van der Waals surface area (Å²) in [7, 11) is 2.16. The highest BCUT2D eigenvalue weighted by Crippen LogP contribution is 2.14. The van der Waals surface area contributed by atoms with E-state index >= 15 is 0 Å². The first kappa shape index (κ1) is 15.5. The van der Waals surface area contributed by atoms with Crippen LogP contribution in [-0.4, -0.2) is 41.2 Å². The van der Waals surface area contributed by atoms with Gasteiger partial charge in [0.05, 0.1) is 10.6 Å². The van der Waals surface area contributed by atoms with Crippen molar-refractivity contribution in [3.05, 3.63) is 10.6 Å². The van der Waals surface area contributed by atoms with Crippen LogP contribution in [0.15, 0.2) is 0 Å². The van der Waals surface area contributed by atoms with E-state index in [9.17, 15) is 0 Å². The molecule has 1 aromatic rings. The van der Waals surface area contributed by atoms with Crippen molar-refractivity contribution < 1.29 is 0 Å². The van der Waals surface area contributed by atoms with Crippen molar-refractivity contribution >= 4 is 11.5 Å². The van der Waals surface area contributed by atoms with Crippen molar-refractivity contribution in [3.63, 3.8) is 0 Å². The van der Waals surface area contributed by atoms with Gasteiger partial charge in [0.25, 0.3) is 0 Å². The molecule has 0 aliphatic heterocycles. The minimum absolute atomic E-state index is 0.720. The zero-order valence-electron chi connectivity index (χ0n) is 12.1. The molecule has 1 heterocycles. The third-order valence-electron chi connectivity index (χ3n) is 2.76. The summed E-state index contributed by atoms with van der Waals surface area (Å²) in [5, 5.41) is 7.67. The Morgan fingerprint density at radius 2 is 2.17 bits per heavy atom. The van der Waals surface area contributed by atoms with Gasteiger partial charge in [-0.1, -0.05) is 31.7 Å². The number of rotatable bonds is 9. The van der Waals surface area contributed by atoms with Crippen molar-refractivity contribution in [2.24, 2.45) is 5.92 Å². The number of likely N-dealkylation sites (N-methyl/N-ethyl adjacent to an activating group) is 1. The zero-order chi connectivity index (χ0) is 13.4. The van der Waals surface area contributed by atoms with Crippen molar-refractivity contribution in [2.45, 2.75) is 40.2 Å². The molecule has 0 amide bonds. The van der Waals surface area contributed by atoms with Crippen LogP contribution in [0.3, 0.4) is 0 Å². The van der Waals surface area contributed by atoms with Gasteiger partial charge in [0, 0.05) is 19.6 Å². The average molecular weight is 270 g/mol. The predicted octanol–water partition coefficient (Wildman–Crippen LogP) is 2.17. The molecule has 0 saturated carbocycles. The second kappa shape index (κ2) is 8.56. The summed E-state index contributed by atoms with van der Waals surface area (Å²) in [6.45, 7) is 10.8. The van der Waals surface area contributed by atoms with Crippen LogP contribution in [-0.2, 0) is 13.0 Å². The molecular weight excluding hydrogens is 244 g/mol. The summed E-state index contributed by atoms with van der Waals surface area (Å²) in [4.78, 5) is 3.66. The maximum Gasteiger partial charge on any atom is 0.0800 e. The smallest absolute Gasteiger partial charge is 0.0800 e. The molecule has 1 aromatic heterocycles. The van der Waals surface area contributed by atoms with Crippen LogP contribution in [0.2, 0.25) is 0 Å². The Morgan fingerprint density at radius 3 is 2.83 bits per heavy atom. The second-order valence-corrected chi connectivity index (χ2v) is 6.07. The highest BCUT2D eigenvalue weighted by Gasteiger charge is 2.09. The predicted molar refractivity (Wildman–Crippen MR) is 77.9 cm³/mol. The molecule has 0 fully saturated rings. The lowest BCUT2D eigenvalue weighted by atomic mass is 10.2. The van der Waals surface area contributed by atoms with Crippen molar-refractivity contribution in [2.75, 3.05) is 26.7 Å². The summed E-state index contributed by atoms with van der Waals surface area (Å²) in [5.74, 6) is 0.720. The first-order valence-corrected chi connectivity index (χ1v) is 7.60. The zero-order valence-corrected chi connectivity index (χ0v) is 12.9. The summed E-state index contributed by atoms with van der Waals surface area (Å²) in [6.07, 6.45) is 2.18. The van der Waals surface area contributed by atoms with Gasteiger partial charge in [-0.2, -0.15) is 0 Å². The van der Waals surface area contributed by atoms with Gasteiger partial charge < -0.3 is 5.32 Å². The first-order valence-electron chi connectivity index (χ1n) is 6.82. The molecule has 4 nitrogen and oxygen atoms in total. The average Bonchev–Trinajstić information content (AvgIpc) is 2.72. The molecule has 0 aliphatic carbocycles. The lowest BCUT2D eigenvalue weighted by molar-refractivity contribution is 0.323. The first-order chi connectivity index (χ1) is 8.63. The van der Waals surface area contributed by atoms with Crippen LogP contribution in [0.25, 0.3) is 0 Å². The quantitative estimate of drug-likeness (QED) is 0.698. The molecule has 0 unspecified atom stereocenters. The summed E-state index contributed by atoms with van der Waals surface area (Å²) in [6, 6.07) is 0. The van der Waals surface area contributed by atoms with E-state index in [1.54, 1.807) is 0 Å². The van der Waals surface area contributed by atoms with E-state index in [-0.39, 0.29) is 0 Å². The molecule has 18 heavy (non-hydrogen) atoms. The highest BCUT2D eigenvalue weighted by atomic mass is 32.1. The number of nitrogens with one attached hydrogen (secondary N) is 1. The van der Waals surface area contributed by atoms with Gasteiger partial charge >= 0.3 is 0 Å². The van der Waals surface area contributed by atoms with Gasteiger partial charge in [-0.25, -0.2) is 0 Å². The Morgan fingerprint density at radius 1 is 1.39 bits per heavy atom. The van der Waals surface area contributed by atoms with Gasteiger partial charge in [-0.15, -0.1) is 5.10 Å². The lowest BCUT2D eigenvalue weighted by Gasteiger charge is -2.16. The highest BCUT2D eigenvalue weighted by molar-refractivity contribution is 7.05. The molecule has 0 radical (unpaired) electrons. The Kier molecular flexibility index (Phi) is 7.39. The fraction of sp³-hybridized carbons (Fsp3) is 0.846. The molecule has 5 heteroatoms. The molecule has 0 aliphatic rings. The van der Waals surface area contributed by atoms with E-state index in [0.29, 0.717) is 0 Å². The minimum Gasteiger partial charge on any atom is -0.315 e. The van der Waals surface area contributed by atoms with Crippen molar-refractivity contribution in [3.8, 4) is 0 Å². The minimum atomic E-state index is 0.720. The Hall–Kier alpha value is -0.520. The van der Waals surface area contributed by atoms with Crippen LogP contribution in [0.1, 0.15) is 37.8 Å². The number of hydrogen-bond acceptors (Lipinski definition) is 5. The normalized spacial score (nSPS) is 11.7. The topological polar surface area (TPSA) is 41.1 Å². The molecule has 1 N–H and O–H groups in total. The maximum atomic E-state index is 4.20. The fourth-order valence-electron chi connectivity index (χ4n) is 1.76. The van der Waals surface area contributed by atoms with Crippen molar-refractivity contribution in [1.82, 2.24) is 19.8 Å². The molecule has 1 rings (SSSR count). The van der Waals surface area contributed by atoms with E-state index in [1.807, 2.05) is 0 Å². The number of hydrogen-bond donors (Lipinski definition) is 1. The van der Waals surface area contributed by atoms with Gasteiger partial charge in [-0.05, 0) is 37.5 Å². The monoisotopic (exact) mass is 270 g/mol. The number of nitrogens with zero attached hydrogens (tertiary/aromatic N) is 3. The van der Waals surface area contributed by atoms with E-state index in [2.05, 4.69) is 47.6 Å². The molecule has 0 saturated heterocycles. The Labute approximate surface area is 115 Å². The van der Waals surface area contributed by atoms with Gasteiger partial charge in [0.2, 0.25) is 0 Å². The standard InChI is InChI=1S/C13H26N4S/c1-5-6-12-13(18-16-15-12)10-17(4)8-7-14-9-11(2)3/h11,14H,5-10H2,1-4H3. The third-order valence-corrected chi connectivity index (χ3v) is 3.51. The second-order valence-electron chi connectivity index (χ2n) is 5.23. The van der Waals surface area contributed by atoms with Crippen LogP contribution < -0.4 is 5.32 Å². The van der Waals surface area contributed by atoms with E-state index < -0.39 is 0 Å². The summed E-state index contributed by atoms with van der Waals surface area (Å²) in [5.41, 5.74) is 1.18. The molecular formula is C13H26N4S. The Bertz CT molecular complexity index is 325. The molecule has 0 spiro atoms. The molecule has 104 valence electrons. The van der Waals surface area contributed by atoms with E-state index in [4.69, 9.17) is 0 Å². The Balaban J connectivity index is 2.26. The number of aryl methyl sites for hydroxylation is 1. The van der Waals surface area contributed by atoms with Crippen LogP contribution in [0.5, 0.6) is 0 Å². The summed E-state index contributed by atoms with van der Waals surface area (Å²) < 4.78 is 4.06. The maximum absolute atomic E-state index is 4.20. The molecule has 0 aromatic carbocycles. The SMILES string of the molecule is CCCc1nnsc1CN(C)CCNCC(C)C. The molecule has 0 atom stereocenters. The lowest BCUT2D eigenvalue weighted by Crippen LogP contribution is -2.30.